The van der Waals surface area contributed by atoms with Crippen molar-refractivity contribution in [1.29, 1.82) is 0 Å². The number of hydrogen-bond acceptors (Lipinski definition) is 1. The van der Waals surface area contributed by atoms with Crippen LogP contribution in [-0.2, 0) is 0 Å². The minimum absolute atomic E-state index is 0.386. The molecule has 0 unspecified atom stereocenters. The minimum atomic E-state index is 0.386. The summed E-state index contributed by atoms with van der Waals surface area (Å²) in [5.41, 5.74) is 1.31. The number of hydrogen-bond donors (Lipinski definition) is 0. The van der Waals surface area contributed by atoms with E-state index in [2.05, 4.69) is 42.0 Å². The van der Waals surface area contributed by atoms with Crippen molar-refractivity contribution in [3.8, 4) is 12.3 Å². The fourth-order valence-corrected chi connectivity index (χ4v) is 1.27. The summed E-state index contributed by atoms with van der Waals surface area (Å²) >= 11 is 0. The zero-order chi connectivity index (χ0) is 9.68. The molecule has 0 aromatic heterocycles. The molecule has 0 radical (unpaired) electrons. The van der Waals surface area contributed by atoms with Gasteiger partial charge in [0.2, 0.25) is 0 Å². The molecule has 0 spiro atoms. The molecule has 68 valence electrons. The van der Waals surface area contributed by atoms with E-state index in [-0.39, 0.29) is 0 Å². The lowest BCUT2D eigenvalue weighted by Gasteiger charge is -2.22. The highest BCUT2D eigenvalue weighted by atomic mass is 15.1. The Morgan fingerprint density at radius 2 is 2.00 bits per heavy atom. The first kappa shape index (κ1) is 9.83. The second-order valence-electron chi connectivity index (χ2n) is 3.21. The van der Waals surface area contributed by atoms with Crippen LogP contribution in [0.4, 0.5) is 0 Å². The van der Waals surface area contributed by atoms with Crippen LogP contribution in [0.1, 0.15) is 18.5 Å². The van der Waals surface area contributed by atoms with Crippen LogP contribution in [0.2, 0.25) is 0 Å². The van der Waals surface area contributed by atoms with Crippen molar-refractivity contribution in [2.75, 3.05) is 13.6 Å². The molecular weight excluding hydrogens is 158 g/mol. The van der Waals surface area contributed by atoms with E-state index in [0.717, 1.165) is 0 Å². The van der Waals surface area contributed by atoms with Crippen LogP contribution in [0, 0.1) is 12.3 Å². The molecule has 0 heterocycles. The van der Waals surface area contributed by atoms with Crippen molar-refractivity contribution in [2.24, 2.45) is 0 Å². The second kappa shape index (κ2) is 4.69. The summed E-state index contributed by atoms with van der Waals surface area (Å²) in [6.07, 6.45) is 5.25. The molecule has 0 fully saturated rings. The van der Waals surface area contributed by atoms with Crippen LogP contribution >= 0.6 is 0 Å². The van der Waals surface area contributed by atoms with Gasteiger partial charge in [-0.3, -0.25) is 4.90 Å². The molecule has 0 amide bonds. The maximum absolute atomic E-state index is 5.25. The zero-order valence-corrected chi connectivity index (χ0v) is 8.20. The van der Waals surface area contributed by atoms with Gasteiger partial charge in [-0.1, -0.05) is 36.3 Å². The van der Waals surface area contributed by atoms with Gasteiger partial charge >= 0.3 is 0 Å². The summed E-state index contributed by atoms with van der Waals surface area (Å²) in [5.74, 6) is 2.64. The summed E-state index contributed by atoms with van der Waals surface area (Å²) in [7, 11) is 2.04. The number of terminal acetylenes is 1. The molecule has 0 aliphatic heterocycles. The fourth-order valence-electron chi connectivity index (χ4n) is 1.27. The van der Waals surface area contributed by atoms with E-state index in [1.165, 1.54) is 5.56 Å². The predicted octanol–water partition coefficient (Wildman–Crippen LogP) is 2.31. The summed E-state index contributed by atoms with van der Waals surface area (Å²) in [5, 5.41) is 0. The molecule has 0 bridgehead atoms. The highest BCUT2D eigenvalue weighted by Gasteiger charge is 2.08. The van der Waals surface area contributed by atoms with Crippen molar-refractivity contribution in [1.82, 2.24) is 4.90 Å². The second-order valence-corrected chi connectivity index (χ2v) is 3.21. The molecule has 0 aliphatic rings. The molecule has 1 nitrogen and oxygen atoms in total. The van der Waals surface area contributed by atoms with E-state index in [4.69, 9.17) is 6.42 Å². The first-order valence-electron chi connectivity index (χ1n) is 4.44. The molecule has 0 aliphatic carbocycles. The van der Waals surface area contributed by atoms with Gasteiger partial charge in [-0.25, -0.2) is 0 Å². The molecule has 1 rings (SSSR count). The van der Waals surface area contributed by atoms with Crippen molar-refractivity contribution < 1.29 is 0 Å². The molecule has 0 saturated heterocycles. The molecular formula is C12H15N. The maximum Gasteiger partial charge on any atom is 0.0601 e. The molecule has 1 heteroatoms. The maximum atomic E-state index is 5.25. The monoisotopic (exact) mass is 173 g/mol. The van der Waals surface area contributed by atoms with Crippen molar-refractivity contribution in [2.45, 2.75) is 13.0 Å². The van der Waals surface area contributed by atoms with Gasteiger partial charge in [0.05, 0.1) is 6.54 Å². The van der Waals surface area contributed by atoms with E-state index < -0.39 is 0 Å². The average Bonchev–Trinajstić information content (AvgIpc) is 2.18. The van der Waals surface area contributed by atoms with Gasteiger partial charge in [0.1, 0.15) is 0 Å². The molecule has 0 N–H and O–H groups in total. The number of rotatable bonds is 3. The van der Waals surface area contributed by atoms with Crippen LogP contribution < -0.4 is 0 Å². The summed E-state index contributed by atoms with van der Waals surface area (Å²) < 4.78 is 0. The first-order valence-corrected chi connectivity index (χ1v) is 4.44. The summed E-state index contributed by atoms with van der Waals surface area (Å²) in [6.45, 7) is 2.85. The Morgan fingerprint density at radius 3 is 2.54 bits per heavy atom. The van der Waals surface area contributed by atoms with Crippen molar-refractivity contribution in [3.63, 3.8) is 0 Å². The quantitative estimate of drug-likeness (QED) is 0.634. The van der Waals surface area contributed by atoms with Gasteiger partial charge in [0.15, 0.2) is 0 Å². The van der Waals surface area contributed by atoms with Gasteiger partial charge in [0.25, 0.3) is 0 Å². The van der Waals surface area contributed by atoms with Crippen LogP contribution in [-0.4, -0.2) is 18.5 Å². The Kier molecular flexibility index (Phi) is 3.54. The lowest BCUT2D eigenvalue weighted by atomic mass is 10.1. The first-order chi connectivity index (χ1) is 6.25. The van der Waals surface area contributed by atoms with Crippen molar-refractivity contribution in [3.05, 3.63) is 35.9 Å². The lowest BCUT2D eigenvalue weighted by Crippen LogP contribution is -2.22. The van der Waals surface area contributed by atoms with Crippen LogP contribution in [0.15, 0.2) is 30.3 Å². The van der Waals surface area contributed by atoms with Gasteiger partial charge < -0.3 is 0 Å². The van der Waals surface area contributed by atoms with Gasteiger partial charge in [-0.15, -0.1) is 6.42 Å². The molecule has 1 aromatic rings. The van der Waals surface area contributed by atoms with Crippen LogP contribution in [0.5, 0.6) is 0 Å². The van der Waals surface area contributed by atoms with E-state index >= 15 is 0 Å². The topological polar surface area (TPSA) is 3.24 Å². The Bertz CT molecular complexity index is 284. The third-order valence-electron chi connectivity index (χ3n) is 2.28. The average molecular weight is 173 g/mol. The van der Waals surface area contributed by atoms with Crippen LogP contribution in [0.25, 0.3) is 0 Å². The minimum Gasteiger partial charge on any atom is -0.289 e. The van der Waals surface area contributed by atoms with Gasteiger partial charge in [-0.2, -0.15) is 0 Å². The smallest absolute Gasteiger partial charge is 0.0601 e. The lowest BCUT2D eigenvalue weighted by molar-refractivity contribution is 0.294. The largest absolute Gasteiger partial charge is 0.289 e. The number of benzene rings is 1. The SMILES string of the molecule is C#CCN(C)[C@H](C)c1ccccc1. The number of nitrogens with zero attached hydrogens (tertiary/aromatic N) is 1. The fraction of sp³-hybridized carbons (Fsp3) is 0.333. The predicted molar refractivity (Wildman–Crippen MR) is 56.3 cm³/mol. The zero-order valence-electron chi connectivity index (χ0n) is 8.20. The highest BCUT2D eigenvalue weighted by Crippen LogP contribution is 2.16. The third-order valence-corrected chi connectivity index (χ3v) is 2.28. The van der Waals surface area contributed by atoms with E-state index in [9.17, 15) is 0 Å². The van der Waals surface area contributed by atoms with Crippen molar-refractivity contribution >= 4 is 0 Å². The van der Waals surface area contributed by atoms with Gasteiger partial charge in [-0.05, 0) is 19.5 Å². The Morgan fingerprint density at radius 1 is 1.38 bits per heavy atom. The van der Waals surface area contributed by atoms with E-state index in [1.54, 1.807) is 0 Å². The van der Waals surface area contributed by atoms with E-state index in [0.29, 0.717) is 12.6 Å². The highest BCUT2D eigenvalue weighted by molar-refractivity contribution is 5.18. The van der Waals surface area contributed by atoms with Crippen LogP contribution in [0.3, 0.4) is 0 Å². The van der Waals surface area contributed by atoms with Gasteiger partial charge in [0, 0.05) is 6.04 Å². The normalized spacial score (nSPS) is 12.5. The Balaban J connectivity index is 2.69. The third kappa shape index (κ3) is 2.61. The summed E-state index contributed by atoms with van der Waals surface area (Å²) in [6, 6.07) is 10.8. The Hall–Kier alpha value is -1.26. The molecule has 0 saturated carbocycles. The standard InChI is InChI=1S/C12H15N/c1-4-10-13(3)11(2)12-8-6-5-7-9-12/h1,5-9,11H,10H2,2-3H3/t11-/m1/s1. The summed E-state index contributed by atoms with van der Waals surface area (Å²) in [4.78, 5) is 2.15. The molecule has 1 atom stereocenters. The van der Waals surface area contributed by atoms with E-state index in [1.807, 2.05) is 13.1 Å². The Labute approximate surface area is 80.4 Å². The molecule has 1 aromatic carbocycles. The molecule has 13 heavy (non-hydrogen) atoms.